The molecule has 1 aromatic carbocycles. The Morgan fingerprint density at radius 1 is 1.33 bits per heavy atom. The van der Waals surface area contributed by atoms with Crippen molar-refractivity contribution in [1.29, 1.82) is 0 Å². The molecule has 5 nitrogen and oxygen atoms in total. The van der Waals surface area contributed by atoms with Crippen LogP contribution >= 0.6 is 0 Å². The summed E-state index contributed by atoms with van der Waals surface area (Å²) in [5, 5.41) is 2.67. The van der Waals surface area contributed by atoms with Crippen molar-refractivity contribution in [2.24, 2.45) is 0 Å². The summed E-state index contributed by atoms with van der Waals surface area (Å²) < 4.78 is 10.3. The zero-order valence-electron chi connectivity index (χ0n) is 10.5. The lowest BCUT2D eigenvalue weighted by Crippen LogP contribution is -2.27. The molecule has 0 heterocycles. The van der Waals surface area contributed by atoms with Gasteiger partial charge in [0.15, 0.2) is 11.5 Å². The van der Waals surface area contributed by atoms with Crippen LogP contribution in [0.15, 0.2) is 18.2 Å². The molecule has 96 valence electrons. The number of carbonyl (C=O) groups excluding carboxylic acids is 1. The summed E-state index contributed by atoms with van der Waals surface area (Å²) in [4.78, 5) is 14.1. The van der Waals surface area contributed by atoms with Crippen molar-refractivity contribution >= 4 is 5.91 Å². The number of rotatable bonds is 6. The van der Waals surface area contributed by atoms with Gasteiger partial charge in [0.2, 0.25) is 0 Å². The van der Waals surface area contributed by atoms with Crippen LogP contribution in [0.4, 0.5) is 0 Å². The van der Waals surface area contributed by atoms with Gasteiger partial charge in [0.05, 0.1) is 14.2 Å². The zero-order chi connectivity index (χ0) is 13.4. The van der Waals surface area contributed by atoms with Gasteiger partial charge in [-0.05, 0) is 24.1 Å². The summed E-state index contributed by atoms with van der Waals surface area (Å²) in [6.07, 6.45) is 0.685. The van der Waals surface area contributed by atoms with Gasteiger partial charge >= 0.3 is 0 Å². The zero-order valence-corrected chi connectivity index (χ0v) is 10.5. The average molecular weight is 248 g/mol. The van der Waals surface area contributed by atoms with Crippen molar-refractivity contribution in [1.82, 2.24) is 5.32 Å². The maximum absolute atomic E-state index is 11.1. The lowest BCUT2D eigenvalue weighted by molar-refractivity contribution is -0.119. The van der Waals surface area contributed by atoms with E-state index in [4.69, 9.17) is 16.0 Å². The van der Waals surface area contributed by atoms with Gasteiger partial charge in [-0.1, -0.05) is 6.07 Å². The van der Waals surface area contributed by atoms with Crippen LogP contribution in [0.5, 0.6) is 11.5 Å². The van der Waals surface area contributed by atoms with Crippen molar-refractivity contribution < 1.29 is 14.3 Å². The van der Waals surface area contributed by atoms with Gasteiger partial charge in [0.1, 0.15) is 0 Å². The number of nitrogens with one attached hydrogen (secondary N) is 1. The van der Waals surface area contributed by atoms with Crippen molar-refractivity contribution in [3.63, 3.8) is 0 Å². The number of hydrogen-bond acceptors (Lipinski definition) is 3. The predicted octanol–water partition coefficient (Wildman–Crippen LogP) is 1.28. The molecule has 0 aliphatic carbocycles. The van der Waals surface area contributed by atoms with Gasteiger partial charge < -0.3 is 19.6 Å². The van der Waals surface area contributed by atoms with E-state index in [1.165, 1.54) is 0 Å². The number of carbonyl (C=O) groups is 1. The highest BCUT2D eigenvalue weighted by atomic mass is 16.5. The molecule has 0 saturated heterocycles. The van der Waals surface area contributed by atoms with Gasteiger partial charge in [-0.15, -0.1) is 0 Å². The number of nitrogens with zero attached hydrogens (tertiary/aromatic N) is 1. The fourth-order valence-corrected chi connectivity index (χ4v) is 1.51. The summed E-state index contributed by atoms with van der Waals surface area (Å²) in [6.45, 7) is 6.95. The van der Waals surface area contributed by atoms with E-state index in [9.17, 15) is 4.79 Å². The van der Waals surface area contributed by atoms with Crippen LogP contribution in [0.1, 0.15) is 5.56 Å². The summed E-state index contributed by atoms with van der Waals surface area (Å²) in [6, 6.07) is 5.62. The lowest BCUT2D eigenvalue weighted by Gasteiger charge is -2.09. The minimum atomic E-state index is -0.245. The van der Waals surface area contributed by atoms with E-state index in [0.29, 0.717) is 24.5 Å². The summed E-state index contributed by atoms with van der Waals surface area (Å²) >= 11 is 0. The van der Waals surface area contributed by atoms with Crippen LogP contribution in [0, 0.1) is 6.57 Å². The van der Waals surface area contributed by atoms with Crippen LogP contribution in [0.25, 0.3) is 4.85 Å². The van der Waals surface area contributed by atoms with Crippen molar-refractivity contribution in [2.75, 3.05) is 27.3 Å². The molecule has 0 spiro atoms. The molecular formula is C13H16N2O3. The highest BCUT2D eigenvalue weighted by Crippen LogP contribution is 2.27. The maximum atomic E-state index is 11.1. The Morgan fingerprint density at radius 2 is 2.06 bits per heavy atom. The Bertz CT molecular complexity index is 452. The van der Waals surface area contributed by atoms with E-state index in [1.54, 1.807) is 14.2 Å². The first-order valence-corrected chi connectivity index (χ1v) is 5.52. The monoisotopic (exact) mass is 248 g/mol. The van der Waals surface area contributed by atoms with Crippen LogP contribution in [-0.2, 0) is 11.2 Å². The molecule has 0 atom stereocenters. The smallest absolute Gasteiger partial charge is 0.300 e. The normalized spacial score (nSPS) is 9.39. The lowest BCUT2D eigenvalue weighted by atomic mass is 10.1. The summed E-state index contributed by atoms with van der Waals surface area (Å²) in [5.41, 5.74) is 1.04. The first kappa shape index (κ1) is 13.8. The molecule has 1 aromatic rings. The van der Waals surface area contributed by atoms with Crippen LogP contribution in [-0.4, -0.2) is 33.2 Å². The highest BCUT2D eigenvalue weighted by molar-refractivity contribution is 5.79. The van der Waals surface area contributed by atoms with Gasteiger partial charge in [0.25, 0.3) is 12.5 Å². The van der Waals surface area contributed by atoms with Gasteiger partial charge in [-0.25, -0.2) is 6.57 Å². The van der Waals surface area contributed by atoms with E-state index < -0.39 is 0 Å². The number of amides is 1. The molecule has 1 N–H and O–H groups in total. The standard InChI is InChI=1S/C13H16N2O3/c1-14-9-13(16)15-7-6-10-4-5-11(17-2)12(8-10)18-3/h4-5,8H,6-7,9H2,2-3H3,(H,15,16). The van der Waals surface area contributed by atoms with E-state index in [-0.39, 0.29) is 12.5 Å². The molecule has 0 fully saturated rings. The van der Waals surface area contributed by atoms with E-state index >= 15 is 0 Å². The Balaban J connectivity index is 2.53. The minimum absolute atomic E-state index is 0.119. The fraction of sp³-hybridized carbons (Fsp3) is 0.385. The Labute approximate surface area is 107 Å². The second-order valence-electron chi connectivity index (χ2n) is 3.61. The molecule has 18 heavy (non-hydrogen) atoms. The van der Waals surface area contributed by atoms with Crippen molar-refractivity contribution in [3.05, 3.63) is 35.2 Å². The minimum Gasteiger partial charge on any atom is -0.493 e. The molecule has 0 unspecified atom stereocenters. The van der Waals surface area contributed by atoms with E-state index in [2.05, 4.69) is 10.2 Å². The first-order valence-electron chi connectivity index (χ1n) is 5.52. The van der Waals surface area contributed by atoms with Crippen LogP contribution in [0.2, 0.25) is 0 Å². The molecule has 1 rings (SSSR count). The van der Waals surface area contributed by atoms with Gasteiger partial charge in [0, 0.05) is 6.54 Å². The third-order valence-electron chi connectivity index (χ3n) is 2.41. The molecule has 5 heteroatoms. The van der Waals surface area contributed by atoms with E-state index in [1.807, 2.05) is 18.2 Å². The molecular weight excluding hydrogens is 232 g/mol. The second-order valence-corrected chi connectivity index (χ2v) is 3.61. The summed E-state index contributed by atoms with van der Waals surface area (Å²) in [7, 11) is 3.17. The summed E-state index contributed by atoms with van der Waals surface area (Å²) in [5.74, 6) is 1.10. The predicted molar refractivity (Wildman–Crippen MR) is 67.7 cm³/mol. The molecule has 0 radical (unpaired) electrons. The Hall–Kier alpha value is -2.22. The second kappa shape index (κ2) is 7.17. The van der Waals surface area contributed by atoms with Crippen LogP contribution < -0.4 is 14.8 Å². The first-order chi connectivity index (χ1) is 8.71. The Kier molecular flexibility index (Phi) is 5.52. The third-order valence-corrected chi connectivity index (χ3v) is 2.41. The number of ether oxygens (including phenoxy) is 2. The number of methoxy groups -OCH3 is 2. The SMILES string of the molecule is [C-]#[N+]CC(=O)NCCc1ccc(OC)c(OC)c1. The number of hydrogen-bond donors (Lipinski definition) is 1. The topological polar surface area (TPSA) is 51.9 Å². The highest BCUT2D eigenvalue weighted by Gasteiger charge is 2.06. The molecule has 0 aromatic heterocycles. The van der Waals surface area contributed by atoms with Crippen LogP contribution in [0.3, 0.4) is 0 Å². The largest absolute Gasteiger partial charge is 0.493 e. The van der Waals surface area contributed by atoms with Gasteiger partial charge in [-0.2, -0.15) is 0 Å². The molecule has 0 aliphatic heterocycles. The van der Waals surface area contributed by atoms with E-state index in [0.717, 1.165) is 5.56 Å². The maximum Gasteiger partial charge on any atom is 0.300 e. The quantitative estimate of drug-likeness (QED) is 0.772. The Morgan fingerprint density at radius 3 is 2.67 bits per heavy atom. The van der Waals surface area contributed by atoms with Crippen molar-refractivity contribution in [2.45, 2.75) is 6.42 Å². The third kappa shape index (κ3) is 3.98. The number of benzene rings is 1. The molecule has 0 aliphatic rings. The molecule has 0 saturated carbocycles. The fourth-order valence-electron chi connectivity index (χ4n) is 1.51. The molecule has 1 amide bonds. The van der Waals surface area contributed by atoms with Gasteiger partial charge in [-0.3, -0.25) is 4.79 Å². The van der Waals surface area contributed by atoms with Crippen molar-refractivity contribution in [3.8, 4) is 11.5 Å². The molecule has 0 bridgehead atoms. The average Bonchev–Trinajstić information content (AvgIpc) is 2.38.